The lowest BCUT2D eigenvalue weighted by molar-refractivity contribution is -0.138. The van der Waals surface area contributed by atoms with E-state index in [1.807, 2.05) is 6.92 Å². The van der Waals surface area contributed by atoms with E-state index in [0.29, 0.717) is 19.2 Å². The molecule has 0 fully saturated rings. The first-order chi connectivity index (χ1) is 10.6. The second kappa shape index (κ2) is 7.75. The van der Waals surface area contributed by atoms with Crippen LogP contribution >= 0.6 is 0 Å². The molecule has 10 heteroatoms. The molecule has 0 saturated heterocycles. The van der Waals surface area contributed by atoms with Crippen LogP contribution < -0.4 is 10.0 Å². The smallest absolute Gasteiger partial charge is 0.417 e. The molecule has 23 heavy (non-hydrogen) atoms. The van der Waals surface area contributed by atoms with Gasteiger partial charge in [-0.2, -0.15) is 13.2 Å². The van der Waals surface area contributed by atoms with Crippen LogP contribution in [-0.4, -0.2) is 41.1 Å². The third-order valence-electron chi connectivity index (χ3n) is 2.86. The van der Waals surface area contributed by atoms with E-state index in [0.717, 1.165) is 19.2 Å². The first-order valence-corrected chi connectivity index (χ1v) is 8.11. The minimum absolute atomic E-state index is 0.0241. The standard InChI is InChI=1S/C13H17F3N2O4S/c1-3-17-6-7-18-23(20,21)9-4-5-10(12(19)22-2)11(8-9)13(14,15)16/h4-5,8,17-18H,3,6-7H2,1-2H3. The maximum atomic E-state index is 13.0. The van der Waals surface area contributed by atoms with Gasteiger partial charge in [-0.05, 0) is 24.7 Å². The predicted octanol–water partition coefficient (Wildman–Crippen LogP) is 1.38. The number of hydrogen-bond acceptors (Lipinski definition) is 5. The average Bonchev–Trinajstić information content (AvgIpc) is 2.49. The number of benzene rings is 1. The molecule has 0 radical (unpaired) electrons. The summed E-state index contributed by atoms with van der Waals surface area (Å²) in [7, 11) is -3.17. The molecular weight excluding hydrogens is 337 g/mol. The van der Waals surface area contributed by atoms with Crippen LogP contribution in [0.1, 0.15) is 22.8 Å². The number of likely N-dealkylation sites (N-methyl/N-ethyl adjacent to an activating group) is 1. The van der Waals surface area contributed by atoms with Crippen molar-refractivity contribution in [2.75, 3.05) is 26.7 Å². The third kappa shape index (κ3) is 5.19. The Kier molecular flexibility index (Phi) is 6.54. The summed E-state index contributed by atoms with van der Waals surface area (Å²) in [5.74, 6) is -1.19. The van der Waals surface area contributed by atoms with Crippen LogP contribution in [0, 0.1) is 0 Å². The van der Waals surface area contributed by atoms with Gasteiger partial charge in [0.25, 0.3) is 0 Å². The molecule has 0 aromatic heterocycles. The zero-order chi connectivity index (χ0) is 17.7. The largest absolute Gasteiger partial charge is 0.465 e. The van der Waals surface area contributed by atoms with Crippen LogP contribution in [0.15, 0.2) is 23.1 Å². The third-order valence-corrected chi connectivity index (χ3v) is 4.31. The quantitative estimate of drug-likeness (QED) is 0.571. The van der Waals surface area contributed by atoms with Crippen LogP contribution in [0.3, 0.4) is 0 Å². The second-order valence-corrected chi connectivity index (χ2v) is 6.22. The van der Waals surface area contributed by atoms with Crippen molar-refractivity contribution in [3.63, 3.8) is 0 Å². The maximum Gasteiger partial charge on any atom is 0.417 e. The van der Waals surface area contributed by atoms with E-state index in [-0.39, 0.29) is 6.54 Å². The summed E-state index contributed by atoms with van der Waals surface area (Å²) < 4.78 is 69.6. The molecule has 0 aliphatic carbocycles. The fraction of sp³-hybridized carbons (Fsp3) is 0.462. The van der Waals surface area contributed by atoms with Crippen molar-refractivity contribution in [2.45, 2.75) is 18.0 Å². The molecule has 0 amide bonds. The maximum absolute atomic E-state index is 13.0. The van der Waals surface area contributed by atoms with Crippen molar-refractivity contribution in [2.24, 2.45) is 0 Å². The highest BCUT2D eigenvalue weighted by molar-refractivity contribution is 7.89. The predicted molar refractivity (Wildman–Crippen MR) is 76.5 cm³/mol. The van der Waals surface area contributed by atoms with Gasteiger partial charge in [0.05, 0.1) is 23.1 Å². The number of carbonyl (C=O) groups is 1. The van der Waals surface area contributed by atoms with Crippen molar-refractivity contribution in [3.05, 3.63) is 29.3 Å². The van der Waals surface area contributed by atoms with Crippen LogP contribution in [0.5, 0.6) is 0 Å². The van der Waals surface area contributed by atoms with Gasteiger partial charge in [-0.15, -0.1) is 0 Å². The van der Waals surface area contributed by atoms with Crippen LogP contribution in [0.4, 0.5) is 13.2 Å². The summed E-state index contributed by atoms with van der Waals surface area (Å²) in [5, 5.41) is 2.87. The number of carbonyl (C=O) groups excluding carboxylic acids is 1. The Hall–Kier alpha value is -1.65. The average molecular weight is 354 g/mol. The van der Waals surface area contributed by atoms with Gasteiger partial charge in [0.1, 0.15) is 0 Å². The summed E-state index contributed by atoms with van der Waals surface area (Å²) in [6.07, 6.45) is -4.89. The Morgan fingerprint density at radius 1 is 1.26 bits per heavy atom. The normalized spacial score (nSPS) is 12.2. The molecule has 0 spiro atoms. The molecule has 0 aliphatic heterocycles. The van der Waals surface area contributed by atoms with Gasteiger partial charge >= 0.3 is 12.1 Å². The molecule has 0 aliphatic rings. The number of sulfonamides is 1. The van der Waals surface area contributed by atoms with Gasteiger partial charge in [0.2, 0.25) is 10.0 Å². The first kappa shape index (κ1) is 19.4. The van der Waals surface area contributed by atoms with Crippen LogP contribution in [0.25, 0.3) is 0 Å². The van der Waals surface area contributed by atoms with E-state index in [2.05, 4.69) is 14.8 Å². The molecular formula is C13H17F3N2O4S. The van der Waals surface area contributed by atoms with E-state index in [1.54, 1.807) is 0 Å². The Labute approximate surface area is 132 Å². The summed E-state index contributed by atoms with van der Waals surface area (Å²) in [5.41, 5.74) is -2.11. The summed E-state index contributed by atoms with van der Waals surface area (Å²) >= 11 is 0. The molecule has 0 saturated carbocycles. The second-order valence-electron chi connectivity index (χ2n) is 4.45. The van der Waals surface area contributed by atoms with E-state index in [9.17, 15) is 26.4 Å². The number of nitrogens with one attached hydrogen (secondary N) is 2. The number of ether oxygens (including phenoxy) is 1. The van der Waals surface area contributed by atoms with E-state index < -0.39 is 38.2 Å². The Morgan fingerprint density at radius 2 is 1.91 bits per heavy atom. The fourth-order valence-corrected chi connectivity index (χ4v) is 2.80. The minimum atomic E-state index is -4.89. The van der Waals surface area contributed by atoms with Gasteiger partial charge in [0, 0.05) is 13.1 Å². The minimum Gasteiger partial charge on any atom is -0.465 e. The SMILES string of the molecule is CCNCCNS(=O)(=O)c1ccc(C(=O)OC)c(C(F)(F)F)c1. The van der Waals surface area contributed by atoms with Gasteiger partial charge in [-0.1, -0.05) is 6.92 Å². The van der Waals surface area contributed by atoms with Gasteiger partial charge in [-0.25, -0.2) is 17.9 Å². The van der Waals surface area contributed by atoms with Crippen molar-refractivity contribution in [3.8, 4) is 0 Å². The molecule has 1 rings (SSSR count). The molecule has 1 aromatic carbocycles. The van der Waals surface area contributed by atoms with Gasteiger partial charge in [0.15, 0.2) is 0 Å². The zero-order valence-electron chi connectivity index (χ0n) is 12.5. The molecule has 0 heterocycles. The monoisotopic (exact) mass is 354 g/mol. The molecule has 1 aromatic rings. The van der Waals surface area contributed by atoms with E-state index in [1.165, 1.54) is 0 Å². The van der Waals surface area contributed by atoms with Crippen molar-refractivity contribution in [1.29, 1.82) is 0 Å². The van der Waals surface area contributed by atoms with E-state index in [4.69, 9.17) is 0 Å². The van der Waals surface area contributed by atoms with Crippen LogP contribution in [-0.2, 0) is 20.9 Å². The molecule has 0 atom stereocenters. The molecule has 0 bridgehead atoms. The van der Waals surface area contributed by atoms with Gasteiger partial charge < -0.3 is 10.1 Å². The van der Waals surface area contributed by atoms with Gasteiger partial charge in [-0.3, -0.25) is 0 Å². The summed E-state index contributed by atoms with van der Waals surface area (Å²) in [4.78, 5) is 10.8. The number of rotatable bonds is 7. The Balaban J connectivity index is 3.17. The molecule has 6 nitrogen and oxygen atoms in total. The fourth-order valence-electron chi connectivity index (χ4n) is 1.75. The number of methoxy groups -OCH3 is 1. The summed E-state index contributed by atoms with van der Waals surface area (Å²) in [6.45, 7) is 2.82. The van der Waals surface area contributed by atoms with Crippen molar-refractivity contribution < 1.29 is 31.1 Å². The number of hydrogen-bond donors (Lipinski definition) is 2. The molecule has 2 N–H and O–H groups in total. The lowest BCUT2D eigenvalue weighted by atomic mass is 10.1. The number of alkyl halides is 3. The summed E-state index contributed by atoms with van der Waals surface area (Å²) in [6, 6.07) is 2.13. The zero-order valence-corrected chi connectivity index (χ0v) is 13.3. The van der Waals surface area contributed by atoms with Crippen molar-refractivity contribution in [1.82, 2.24) is 10.0 Å². The lowest BCUT2D eigenvalue weighted by Crippen LogP contribution is -2.32. The Morgan fingerprint density at radius 3 is 2.43 bits per heavy atom. The molecule has 130 valence electrons. The lowest BCUT2D eigenvalue weighted by Gasteiger charge is -2.14. The molecule has 0 unspecified atom stereocenters. The highest BCUT2D eigenvalue weighted by Crippen LogP contribution is 2.33. The Bertz CT molecular complexity index is 660. The number of esters is 1. The van der Waals surface area contributed by atoms with Crippen LogP contribution in [0.2, 0.25) is 0 Å². The first-order valence-electron chi connectivity index (χ1n) is 6.63. The highest BCUT2D eigenvalue weighted by atomic mass is 32.2. The highest BCUT2D eigenvalue weighted by Gasteiger charge is 2.36. The number of halogens is 3. The topological polar surface area (TPSA) is 84.5 Å². The van der Waals surface area contributed by atoms with E-state index >= 15 is 0 Å². The van der Waals surface area contributed by atoms with Crippen molar-refractivity contribution >= 4 is 16.0 Å².